The molecule has 0 N–H and O–H groups in total. The molecule has 0 atom stereocenters. The molecule has 0 unspecified atom stereocenters. The van der Waals surface area contributed by atoms with Crippen LogP contribution in [-0.2, 0) is 0 Å². The van der Waals surface area contributed by atoms with Crippen LogP contribution in [0.15, 0.2) is 72.8 Å². The van der Waals surface area contributed by atoms with Crippen LogP contribution in [0.25, 0.3) is 0 Å². The van der Waals surface area contributed by atoms with Gasteiger partial charge in [0, 0.05) is 0 Å². The second-order valence-corrected chi connectivity index (χ2v) is 8.43. The van der Waals surface area contributed by atoms with Crippen LogP contribution in [-0.4, -0.2) is 6.66 Å². The first kappa shape index (κ1) is 18.3. The summed E-state index contributed by atoms with van der Waals surface area (Å²) in [7, 11) is -2.72. The lowest BCUT2D eigenvalue weighted by atomic mass is 10.2. The van der Waals surface area contributed by atoms with Gasteiger partial charge in [-0.3, -0.25) is 13.6 Å². The summed E-state index contributed by atoms with van der Waals surface area (Å²) in [6, 6.07) is 23.7. The van der Waals surface area contributed by atoms with Crippen LogP contribution in [0.4, 0.5) is 0 Å². The summed E-state index contributed by atoms with van der Waals surface area (Å²) in [5.74, 6) is 2.31. The van der Waals surface area contributed by atoms with E-state index in [1.165, 1.54) is 0 Å². The zero-order chi connectivity index (χ0) is 18.6. The first-order chi connectivity index (χ1) is 12.5. The Morgan fingerprint density at radius 3 is 1.04 bits per heavy atom. The minimum absolute atomic E-state index is 0.769. The molecule has 26 heavy (non-hydrogen) atoms. The molecule has 3 nitrogen and oxygen atoms in total. The van der Waals surface area contributed by atoms with Crippen molar-refractivity contribution in [1.82, 2.24) is 0 Å². The fourth-order valence-corrected chi connectivity index (χ4v) is 4.37. The first-order valence-corrected chi connectivity index (χ1v) is 10.6. The van der Waals surface area contributed by atoms with E-state index in [-0.39, 0.29) is 0 Å². The highest BCUT2D eigenvalue weighted by atomic mass is 31.2. The average molecular weight is 367 g/mol. The summed E-state index contributed by atoms with van der Waals surface area (Å²) in [5, 5.41) is 0. The van der Waals surface area contributed by atoms with E-state index in [1.807, 2.05) is 100 Å². The third kappa shape index (κ3) is 4.36. The highest BCUT2D eigenvalue weighted by molar-refractivity contribution is 7.62. The number of aryl methyl sites for hydroxylation is 3. The maximum absolute atomic E-state index is 6.32. The molecular weight excluding hydrogens is 343 g/mol. The van der Waals surface area contributed by atoms with Crippen molar-refractivity contribution in [2.24, 2.45) is 0 Å². The smallest absolute Gasteiger partial charge is 0.271 e. The number of rotatable bonds is 6. The van der Waals surface area contributed by atoms with Gasteiger partial charge >= 0.3 is 7.94 Å². The number of hydrogen-bond acceptors (Lipinski definition) is 3. The summed E-state index contributed by atoms with van der Waals surface area (Å²) >= 11 is 0. The quantitative estimate of drug-likeness (QED) is 0.463. The Kier molecular flexibility index (Phi) is 5.49. The predicted molar refractivity (Wildman–Crippen MR) is 108 cm³/mol. The molecule has 0 aliphatic rings. The van der Waals surface area contributed by atoms with Crippen molar-refractivity contribution in [3.05, 3.63) is 89.5 Å². The van der Waals surface area contributed by atoms with Gasteiger partial charge in [0.2, 0.25) is 0 Å². The zero-order valence-corrected chi connectivity index (χ0v) is 16.5. The Morgan fingerprint density at radius 2 is 0.769 bits per heavy atom. The second kappa shape index (κ2) is 7.80. The third-order valence-corrected chi connectivity index (χ3v) is 5.66. The summed E-state index contributed by atoms with van der Waals surface area (Å²) in [4.78, 5) is 0. The van der Waals surface area contributed by atoms with E-state index in [0.717, 1.165) is 33.9 Å². The maximum Gasteiger partial charge on any atom is 0.538 e. The Hall–Kier alpha value is -2.51. The van der Waals surface area contributed by atoms with Gasteiger partial charge < -0.3 is 0 Å². The average Bonchev–Trinajstić information content (AvgIpc) is 2.61. The summed E-state index contributed by atoms with van der Waals surface area (Å²) in [6.45, 7) is 7.95. The molecule has 0 aromatic heterocycles. The van der Waals surface area contributed by atoms with Crippen molar-refractivity contribution in [3.8, 4) is 17.2 Å². The van der Waals surface area contributed by atoms with E-state index in [2.05, 4.69) is 0 Å². The molecule has 4 heteroatoms. The van der Waals surface area contributed by atoms with Crippen LogP contribution in [0.2, 0.25) is 0 Å². The van der Waals surface area contributed by atoms with Crippen LogP contribution in [0.1, 0.15) is 16.7 Å². The first-order valence-electron chi connectivity index (χ1n) is 8.59. The molecular formula is C22H24O3P+. The lowest BCUT2D eigenvalue weighted by Crippen LogP contribution is -2.15. The lowest BCUT2D eigenvalue weighted by Gasteiger charge is -2.21. The maximum atomic E-state index is 6.32. The monoisotopic (exact) mass is 367 g/mol. The van der Waals surface area contributed by atoms with E-state index < -0.39 is 7.94 Å². The Balaban J connectivity index is 1.96. The molecule has 134 valence electrons. The van der Waals surface area contributed by atoms with Gasteiger partial charge in [-0.1, -0.05) is 54.6 Å². The highest BCUT2D eigenvalue weighted by Crippen LogP contribution is 2.58. The molecule has 0 aliphatic heterocycles. The van der Waals surface area contributed by atoms with Gasteiger partial charge in [0.05, 0.1) is 0 Å². The Morgan fingerprint density at radius 1 is 0.500 bits per heavy atom. The van der Waals surface area contributed by atoms with Gasteiger partial charge in [0.1, 0.15) is 0 Å². The molecule has 0 saturated carbocycles. The minimum Gasteiger partial charge on any atom is -0.271 e. The van der Waals surface area contributed by atoms with E-state index in [9.17, 15) is 0 Å². The number of para-hydroxylation sites is 3. The van der Waals surface area contributed by atoms with Gasteiger partial charge in [-0.25, -0.2) is 0 Å². The van der Waals surface area contributed by atoms with Crippen LogP contribution in [0.5, 0.6) is 17.2 Å². The summed E-state index contributed by atoms with van der Waals surface area (Å²) in [6.07, 6.45) is 0. The summed E-state index contributed by atoms with van der Waals surface area (Å²) in [5.41, 5.74) is 3.13. The molecule has 0 heterocycles. The predicted octanol–water partition coefficient (Wildman–Crippen LogP) is 6.54. The van der Waals surface area contributed by atoms with Gasteiger partial charge in [-0.05, 0) is 55.7 Å². The lowest BCUT2D eigenvalue weighted by molar-refractivity contribution is 0.359. The van der Waals surface area contributed by atoms with Crippen molar-refractivity contribution in [2.75, 3.05) is 6.66 Å². The van der Waals surface area contributed by atoms with Gasteiger partial charge in [0.15, 0.2) is 23.9 Å². The second-order valence-electron chi connectivity index (χ2n) is 6.34. The molecule has 3 aromatic carbocycles. The number of benzene rings is 3. The van der Waals surface area contributed by atoms with E-state index in [4.69, 9.17) is 13.6 Å². The molecule has 0 bridgehead atoms. The van der Waals surface area contributed by atoms with Crippen molar-refractivity contribution in [1.29, 1.82) is 0 Å². The summed E-state index contributed by atoms with van der Waals surface area (Å²) < 4.78 is 19.0. The Bertz CT molecular complexity index is 776. The third-order valence-electron chi connectivity index (χ3n) is 4.07. The van der Waals surface area contributed by atoms with Crippen molar-refractivity contribution >= 4 is 7.94 Å². The SMILES string of the molecule is Cc1ccccc1O[P+](C)(Oc1ccccc1C)Oc1ccccc1C. The van der Waals surface area contributed by atoms with E-state index in [0.29, 0.717) is 0 Å². The molecule has 0 fully saturated rings. The van der Waals surface area contributed by atoms with E-state index >= 15 is 0 Å². The standard InChI is InChI=1S/C22H24O3P/c1-17-11-5-8-14-20(17)23-26(4,24-21-15-9-6-12-18(21)2)25-22-16-10-7-13-19(22)3/h5-16H,1-4H3/q+1. The molecule has 0 aliphatic carbocycles. The molecule has 0 saturated heterocycles. The molecule has 0 radical (unpaired) electrons. The molecule has 0 amide bonds. The van der Waals surface area contributed by atoms with Gasteiger partial charge in [0.25, 0.3) is 0 Å². The van der Waals surface area contributed by atoms with E-state index in [1.54, 1.807) is 0 Å². The topological polar surface area (TPSA) is 27.7 Å². The highest BCUT2D eigenvalue weighted by Gasteiger charge is 2.44. The van der Waals surface area contributed by atoms with Gasteiger partial charge in [-0.15, -0.1) is 0 Å². The fraction of sp³-hybridized carbons (Fsp3) is 0.182. The largest absolute Gasteiger partial charge is 0.538 e. The normalized spacial score (nSPS) is 11.1. The molecule has 0 spiro atoms. The van der Waals surface area contributed by atoms with Crippen LogP contribution in [0.3, 0.4) is 0 Å². The van der Waals surface area contributed by atoms with Crippen LogP contribution < -0.4 is 13.6 Å². The zero-order valence-electron chi connectivity index (χ0n) is 15.6. The van der Waals surface area contributed by atoms with Crippen molar-refractivity contribution < 1.29 is 13.6 Å². The Labute approximate surface area is 156 Å². The minimum atomic E-state index is -2.72. The molecule has 3 rings (SSSR count). The van der Waals surface area contributed by atoms with Crippen LogP contribution in [0, 0.1) is 20.8 Å². The van der Waals surface area contributed by atoms with Crippen LogP contribution >= 0.6 is 7.94 Å². The van der Waals surface area contributed by atoms with Crippen molar-refractivity contribution in [2.45, 2.75) is 20.8 Å². The molecule has 3 aromatic rings. The van der Waals surface area contributed by atoms with Crippen molar-refractivity contribution in [3.63, 3.8) is 0 Å². The van der Waals surface area contributed by atoms with Gasteiger partial charge in [-0.2, -0.15) is 0 Å². The number of hydrogen-bond donors (Lipinski definition) is 0. The fourth-order valence-electron chi connectivity index (χ4n) is 2.57.